The van der Waals surface area contributed by atoms with Gasteiger partial charge in [-0.2, -0.15) is 0 Å². The molecule has 0 saturated carbocycles. The SMILES string of the molecule is CN1CCCCC(C)(CC(=O)O)C1. The first-order valence-electron chi connectivity index (χ1n) is 4.92. The zero-order valence-electron chi connectivity index (χ0n) is 8.55. The first-order valence-corrected chi connectivity index (χ1v) is 4.92. The second kappa shape index (κ2) is 4.09. The third-order valence-corrected chi connectivity index (χ3v) is 2.80. The van der Waals surface area contributed by atoms with E-state index in [-0.39, 0.29) is 5.41 Å². The van der Waals surface area contributed by atoms with Crippen LogP contribution in [-0.4, -0.2) is 36.1 Å². The highest BCUT2D eigenvalue weighted by Gasteiger charge is 2.30. The van der Waals surface area contributed by atoms with Gasteiger partial charge in [0.2, 0.25) is 0 Å². The molecule has 13 heavy (non-hydrogen) atoms. The van der Waals surface area contributed by atoms with E-state index in [4.69, 9.17) is 5.11 Å². The van der Waals surface area contributed by atoms with Crippen molar-refractivity contribution < 1.29 is 9.90 Å². The van der Waals surface area contributed by atoms with Crippen molar-refractivity contribution in [2.45, 2.75) is 32.6 Å². The molecule has 0 aliphatic carbocycles. The molecule has 0 aromatic carbocycles. The topological polar surface area (TPSA) is 40.5 Å². The van der Waals surface area contributed by atoms with Crippen LogP contribution in [-0.2, 0) is 4.79 Å². The van der Waals surface area contributed by atoms with E-state index >= 15 is 0 Å². The fourth-order valence-electron chi connectivity index (χ4n) is 2.25. The van der Waals surface area contributed by atoms with Gasteiger partial charge in [-0.3, -0.25) is 4.79 Å². The molecule has 1 unspecified atom stereocenters. The maximum Gasteiger partial charge on any atom is 0.303 e. The van der Waals surface area contributed by atoms with Crippen LogP contribution in [0.2, 0.25) is 0 Å². The molecule has 1 aliphatic heterocycles. The van der Waals surface area contributed by atoms with Gasteiger partial charge in [-0.05, 0) is 31.8 Å². The molecular formula is C10H19NO2. The van der Waals surface area contributed by atoms with Gasteiger partial charge in [0.25, 0.3) is 0 Å². The molecule has 1 N–H and O–H groups in total. The molecule has 0 radical (unpaired) electrons. The summed E-state index contributed by atoms with van der Waals surface area (Å²) in [6.07, 6.45) is 3.71. The number of aliphatic carboxylic acids is 1. The normalized spacial score (nSPS) is 31.2. The Kier molecular flexibility index (Phi) is 3.31. The van der Waals surface area contributed by atoms with Crippen molar-refractivity contribution in [2.24, 2.45) is 5.41 Å². The second-order valence-corrected chi connectivity index (χ2v) is 4.58. The Bertz CT molecular complexity index is 193. The van der Waals surface area contributed by atoms with Crippen molar-refractivity contribution >= 4 is 5.97 Å². The summed E-state index contributed by atoms with van der Waals surface area (Å²) in [6, 6.07) is 0. The molecule has 76 valence electrons. The molecule has 0 bridgehead atoms. The Morgan fingerprint density at radius 3 is 2.85 bits per heavy atom. The number of hydrogen-bond donors (Lipinski definition) is 1. The maximum absolute atomic E-state index is 10.7. The fraction of sp³-hybridized carbons (Fsp3) is 0.900. The molecule has 3 nitrogen and oxygen atoms in total. The Morgan fingerprint density at radius 1 is 1.54 bits per heavy atom. The minimum atomic E-state index is -0.669. The molecular weight excluding hydrogens is 166 g/mol. The number of likely N-dealkylation sites (tertiary alicyclic amines) is 1. The molecule has 1 saturated heterocycles. The molecule has 1 fully saturated rings. The Morgan fingerprint density at radius 2 is 2.23 bits per heavy atom. The number of carbonyl (C=O) groups is 1. The fourth-order valence-corrected chi connectivity index (χ4v) is 2.25. The van der Waals surface area contributed by atoms with Crippen molar-refractivity contribution in [3.05, 3.63) is 0 Å². The predicted octanol–water partition coefficient (Wildman–Crippen LogP) is 1.58. The van der Waals surface area contributed by atoms with Gasteiger partial charge in [0.1, 0.15) is 0 Å². The monoisotopic (exact) mass is 185 g/mol. The van der Waals surface area contributed by atoms with E-state index in [0.29, 0.717) is 6.42 Å². The number of rotatable bonds is 2. The van der Waals surface area contributed by atoms with E-state index in [2.05, 4.69) is 18.9 Å². The molecule has 0 aromatic heterocycles. The summed E-state index contributed by atoms with van der Waals surface area (Å²) < 4.78 is 0. The van der Waals surface area contributed by atoms with Crippen molar-refractivity contribution in [3.63, 3.8) is 0 Å². The molecule has 0 amide bonds. The van der Waals surface area contributed by atoms with Gasteiger partial charge in [-0.25, -0.2) is 0 Å². The van der Waals surface area contributed by atoms with Gasteiger partial charge in [0.05, 0.1) is 6.42 Å². The Hall–Kier alpha value is -0.570. The van der Waals surface area contributed by atoms with Crippen LogP contribution in [0.5, 0.6) is 0 Å². The summed E-state index contributed by atoms with van der Waals surface area (Å²) in [6.45, 7) is 4.11. The minimum Gasteiger partial charge on any atom is -0.481 e. The van der Waals surface area contributed by atoms with Crippen LogP contribution in [0.4, 0.5) is 0 Å². The number of carboxylic acids is 1. The first-order chi connectivity index (χ1) is 6.02. The van der Waals surface area contributed by atoms with E-state index in [0.717, 1.165) is 25.9 Å². The van der Waals surface area contributed by atoms with Gasteiger partial charge >= 0.3 is 5.97 Å². The van der Waals surface area contributed by atoms with E-state index in [1.165, 1.54) is 6.42 Å². The van der Waals surface area contributed by atoms with Crippen LogP contribution in [0, 0.1) is 5.41 Å². The second-order valence-electron chi connectivity index (χ2n) is 4.58. The number of nitrogens with zero attached hydrogens (tertiary/aromatic N) is 1. The van der Waals surface area contributed by atoms with E-state index in [9.17, 15) is 4.79 Å². The van der Waals surface area contributed by atoms with Gasteiger partial charge in [-0.1, -0.05) is 13.3 Å². The molecule has 0 spiro atoms. The smallest absolute Gasteiger partial charge is 0.303 e. The van der Waals surface area contributed by atoms with Crippen LogP contribution in [0.25, 0.3) is 0 Å². The average Bonchev–Trinajstić information content (AvgIpc) is 2.09. The van der Waals surface area contributed by atoms with Gasteiger partial charge in [0.15, 0.2) is 0 Å². The lowest BCUT2D eigenvalue weighted by molar-refractivity contribution is -0.139. The zero-order chi connectivity index (χ0) is 9.90. The molecule has 1 rings (SSSR count). The van der Waals surface area contributed by atoms with Crippen molar-refractivity contribution in [2.75, 3.05) is 20.1 Å². The minimum absolute atomic E-state index is 0.0168. The Labute approximate surface area is 79.7 Å². The standard InChI is InChI=1S/C10H19NO2/c1-10(7-9(12)13)5-3-4-6-11(2)8-10/h3-8H2,1-2H3,(H,12,13). The lowest BCUT2D eigenvalue weighted by Gasteiger charge is -2.29. The van der Waals surface area contributed by atoms with Crippen molar-refractivity contribution in [1.29, 1.82) is 0 Å². The van der Waals surface area contributed by atoms with Crippen LogP contribution < -0.4 is 0 Å². The summed E-state index contributed by atoms with van der Waals surface area (Å²) >= 11 is 0. The van der Waals surface area contributed by atoms with E-state index in [1.54, 1.807) is 0 Å². The van der Waals surface area contributed by atoms with Gasteiger partial charge in [-0.15, -0.1) is 0 Å². The third-order valence-electron chi connectivity index (χ3n) is 2.80. The molecule has 0 aromatic rings. The molecule has 1 atom stereocenters. The van der Waals surface area contributed by atoms with E-state index in [1.807, 2.05) is 0 Å². The highest BCUT2D eigenvalue weighted by Crippen LogP contribution is 2.31. The summed E-state index contributed by atoms with van der Waals surface area (Å²) in [5.41, 5.74) is -0.0168. The summed E-state index contributed by atoms with van der Waals surface area (Å²) in [5.74, 6) is -0.669. The molecule has 1 heterocycles. The number of carboxylic acid groups (broad SMARTS) is 1. The molecule has 1 aliphatic rings. The van der Waals surface area contributed by atoms with Crippen LogP contribution in [0.3, 0.4) is 0 Å². The van der Waals surface area contributed by atoms with Crippen LogP contribution >= 0.6 is 0 Å². The predicted molar refractivity (Wildman–Crippen MR) is 51.7 cm³/mol. The highest BCUT2D eigenvalue weighted by atomic mass is 16.4. The lowest BCUT2D eigenvalue weighted by atomic mass is 9.82. The third kappa shape index (κ3) is 3.35. The summed E-state index contributed by atoms with van der Waals surface area (Å²) in [4.78, 5) is 12.9. The maximum atomic E-state index is 10.7. The summed E-state index contributed by atoms with van der Waals surface area (Å²) in [7, 11) is 2.07. The summed E-state index contributed by atoms with van der Waals surface area (Å²) in [5, 5.41) is 8.79. The largest absolute Gasteiger partial charge is 0.481 e. The van der Waals surface area contributed by atoms with Gasteiger partial charge in [0, 0.05) is 6.54 Å². The lowest BCUT2D eigenvalue weighted by Crippen LogP contribution is -2.33. The molecule has 3 heteroatoms. The van der Waals surface area contributed by atoms with E-state index < -0.39 is 5.97 Å². The van der Waals surface area contributed by atoms with Gasteiger partial charge < -0.3 is 10.0 Å². The Balaban J connectivity index is 2.57. The highest BCUT2D eigenvalue weighted by molar-refractivity contribution is 5.67. The average molecular weight is 185 g/mol. The van der Waals surface area contributed by atoms with Crippen LogP contribution in [0.1, 0.15) is 32.6 Å². The quantitative estimate of drug-likeness (QED) is 0.710. The zero-order valence-corrected chi connectivity index (χ0v) is 8.55. The first kappa shape index (κ1) is 10.5. The van der Waals surface area contributed by atoms with Crippen LogP contribution in [0.15, 0.2) is 0 Å². The van der Waals surface area contributed by atoms with Crippen molar-refractivity contribution in [3.8, 4) is 0 Å². The van der Waals surface area contributed by atoms with Crippen molar-refractivity contribution in [1.82, 2.24) is 4.90 Å². The number of hydrogen-bond acceptors (Lipinski definition) is 2.